The molecule has 3 aromatic heterocycles. The van der Waals surface area contributed by atoms with E-state index in [-0.39, 0.29) is 11.9 Å². The van der Waals surface area contributed by atoms with E-state index < -0.39 is 0 Å². The zero-order valence-electron chi connectivity index (χ0n) is 15.3. The topological polar surface area (TPSA) is 68.3 Å². The van der Waals surface area contributed by atoms with Crippen molar-refractivity contribution in [1.29, 1.82) is 0 Å². The van der Waals surface area contributed by atoms with Gasteiger partial charge in [0.25, 0.3) is 5.91 Å². The minimum absolute atomic E-state index is 0.00378. The molecule has 1 fully saturated rings. The van der Waals surface area contributed by atoms with Crippen LogP contribution >= 0.6 is 0 Å². The van der Waals surface area contributed by atoms with Crippen LogP contribution in [0.15, 0.2) is 30.6 Å². The Morgan fingerprint density at radius 3 is 2.96 bits per heavy atom. The van der Waals surface area contributed by atoms with Crippen LogP contribution in [0.2, 0.25) is 0 Å². The van der Waals surface area contributed by atoms with Gasteiger partial charge in [0, 0.05) is 31.5 Å². The number of hydrogen-bond acceptors (Lipinski definition) is 4. The van der Waals surface area contributed by atoms with Gasteiger partial charge in [0.15, 0.2) is 5.65 Å². The average Bonchev–Trinajstić information content (AvgIpc) is 3.26. The molecule has 7 nitrogen and oxygen atoms in total. The Hall–Kier alpha value is -2.70. The van der Waals surface area contributed by atoms with Gasteiger partial charge >= 0.3 is 0 Å². The molecule has 0 bridgehead atoms. The highest BCUT2D eigenvalue weighted by Gasteiger charge is 2.31. The Balaban J connectivity index is 1.63. The van der Waals surface area contributed by atoms with Gasteiger partial charge in [-0.2, -0.15) is 10.2 Å². The summed E-state index contributed by atoms with van der Waals surface area (Å²) in [7, 11) is 0. The van der Waals surface area contributed by atoms with Gasteiger partial charge in [-0.05, 0) is 44.7 Å². The normalized spacial score (nSPS) is 17.8. The SMILES string of the molecule is CCCn1ccc(C(=O)N2CCCCC2c2ccn3nc(C)cc3n2)n1. The molecular weight excluding hydrogens is 328 g/mol. The van der Waals surface area contributed by atoms with Gasteiger partial charge in [0.1, 0.15) is 5.69 Å². The van der Waals surface area contributed by atoms with Crippen LogP contribution in [-0.2, 0) is 6.54 Å². The first-order chi connectivity index (χ1) is 12.7. The summed E-state index contributed by atoms with van der Waals surface area (Å²) in [5.74, 6) is -0.00378. The number of likely N-dealkylation sites (tertiary alicyclic amines) is 1. The molecule has 0 aromatic carbocycles. The first-order valence-corrected chi connectivity index (χ1v) is 9.33. The fourth-order valence-electron chi connectivity index (χ4n) is 3.66. The number of hydrogen-bond donors (Lipinski definition) is 0. The van der Waals surface area contributed by atoms with Crippen LogP contribution in [0.5, 0.6) is 0 Å². The van der Waals surface area contributed by atoms with E-state index in [9.17, 15) is 4.79 Å². The summed E-state index contributed by atoms with van der Waals surface area (Å²) in [5, 5.41) is 8.83. The van der Waals surface area contributed by atoms with Gasteiger partial charge < -0.3 is 4.90 Å². The molecule has 7 heteroatoms. The summed E-state index contributed by atoms with van der Waals surface area (Å²) < 4.78 is 3.62. The Bertz CT molecular complexity index is 927. The molecule has 4 rings (SSSR count). The summed E-state index contributed by atoms with van der Waals surface area (Å²) in [4.78, 5) is 19.8. The number of nitrogens with zero attached hydrogens (tertiary/aromatic N) is 6. The monoisotopic (exact) mass is 352 g/mol. The standard InChI is InChI=1S/C19H24N6O/c1-3-9-23-11-7-16(22-23)19(26)24-10-5-4-6-17(24)15-8-12-25-18(20-15)13-14(2)21-25/h7-8,11-13,17H,3-6,9-10H2,1-2H3. The van der Waals surface area contributed by atoms with Gasteiger partial charge in [-0.1, -0.05) is 6.92 Å². The van der Waals surface area contributed by atoms with Crippen molar-refractivity contribution in [3.05, 3.63) is 47.7 Å². The fourth-order valence-corrected chi connectivity index (χ4v) is 3.66. The lowest BCUT2D eigenvalue weighted by molar-refractivity contribution is 0.0599. The van der Waals surface area contributed by atoms with Crippen molar-refractivity contribution in [1.82, 2.24) is 29.3 Å². The van der Waals surface area contributed by atoms with Crippen molar-refractivity contribution in [3.63, 3.8) is 0 Å². The predicted octanol–water partition coefficient (Wildman–Crippen LogP) is 3.01. The van der Waals surface area contributed by atoms with E-state index in [1.54, 1.807) is 4.52 Å². The fraction of sp³-hybridized carbons (Fsp3) is 0.474. The molecule has 1 amide bonds. The second-order valence-electron chi connectivity index (χ2n) is 6.92. The van der Waals surface area contributed by atoms with Crippen molar-refractivity contribution in [2.45, 2.75) is 52.1 Å². The van der Waals surface area contributed by atoms with Gasteiger partial charge in [-0.25, -0.2) is 9.50 Å². The van der Waals surface area contributed by atoms with Crippen LogP contribution in [0.4, 0.5) is 0 Å². The minimum atomic E-state index is -0.00668. The third-order valence-corrected chi connectivity index (χ3v) is 4.89. The molecule has 26 heavy (non-hydrogen) atoms. The van der Waals surface area contributed by atoms with Crippen LogP contribution in [0.1, 0.15) is 60.5 Å². The summed E-state index contributed by atoms with van der Waals surface area (Å²) >= 11 is 0. The van der Waals surface area contributed by atoms with E-state index in [4.69, 9.17) is 4.98 Å². The second kappa shape index (κ2) is 6.90. The molecule has 0 saturated carbocycles. The molecule has 3 aromatic rings. The molecule has 4 heterocycles. The van der Waals surface area contributed by atoms with Crippen LogP contribution in [0.25, 0.3) is 5.65 Å². The Kier molecular flexibility index (Phi) is 4.44. The lowest BCUT2D eigenvalue weighted by atomic mass is 9.98. The van der Waals surface area contributed by atoms with E-state index in [0.29, 0.717) is 5.69 Å². The van der Waals surface area contributed by atoms with E-state index in [0.717, 1.165) is 55.8 Å². The zero-order valence-corrected chi connectivity index (χ0v) is 15.3. The highest BCUT2D eigenvalue weighted by molar-refractivity contribution is 5.92. The number of rotatable bonds is 4. The van der Waals surface area contributed by atoms with Gasteiger partial charge in [-0.15, -0.1) is 0 Å². The lowest BCUT2D eigenvalue weighted by Crippen LogP contribution is -2.39. The molecule has 1 saturated heterocycles. The maximum atomic E-state index is 13.1. The van der Waals surface area contributed by atoms with Gasteiger partial charge in [0.05, 0.1) is 17.4 Å². The van der Waals surface area contributed by atoms with Crippen LogP contribution in [0.3, 0.4) is 0 Å². The molecule has 0 N–H and O–H groups in total. The van der Waals surface area contributed by atoms with E-state index in [2.05, 4.69) is 17.1 Å². The first kappa shape index (κ1) is 16.8. The Morgan fingerprint density at radius 2 is 2.12 bits per heavy atom. The lowest BCUT2D eigenvalue weighted by Gasteiger charge is -2.35. The van der Waals surface area contributed by atoms with E-state index in [1.807, 2.05) is 47.1 Å². The Morgan fingerprint density at radius 1 is 1.23 bits per heavy atom. The van der Waals surface area contributed by atoms with Crippen molar-refractivity contribution in [2.24, 2.45) is 0 Å². The maximum Gasteiger partial charge on any atom is 0.274 e. The van der Waals surface area contributed by atoms with Crippen molar-refractivity contribution >= 4 is 11.6 Å². The average molecular weight is 352 g/mol. The summed E-state index contributed by atoms with van der Waals surface area (Å²) in [6.07, 6.45) is 7.86. The number of piperidine rings is 1. The van der Waals surface area contributed by atoms with Crippen LogP contribution < -0.4 is 0 Å². The maximum absolute atomic E-state index is 13.1. The highest BCUT2D eigenvalue weighted by Crippen LogP contribution is 2.31. The van der Waals surface area contributed by atoms with Crippen molar-refractivity contribution in [2.75, 3.05) is 6.54 Å². The van der Waals surface area contributed by atoms with Crippen LogP contribution in [0, 0.1) is 6.92 Å². The number of aromatic nitrogens is 5. The Labute approximate surface area is 152 Å². The number of fused-ring (bicyclic) bond motifs is 1. The number of amides is 1. The molecule has 1 atom stereocenters. The number of carbonyl (C=O) groups is 1. The third kappa shape index (κ3) is 3.09. The second-order valence-corrected chi connectivity index (χ2v) is 6.92. The first-order valence-electron chi connectivity index (χ1n) is 9.33. The number of aryl methyl sites for hydroxylation is 2. The summed E-state index contributed by atoms with van der Waals surface area (Å²) in [6.45, 7) is 5.63. The molecule has 0 spiro atoms. The van der Waals surface area contributed by atoms with E-state index in [1.165, 1.54) is 0 Å². The smallest absolute Gasteiger partial charge is 0.274 e. The molecule has 136 valence electrons. The summed E-state index contributed by atoms with van der Waals surface area (Å²) in [6, 6.07) is 5.75. The van der Waals surface area contributed by atoms with Gasteiger partial charge in [-0.3, -0.25) is 9.48 Å². The van der Waals surface area contributed by atoms with Crippen molar-refractivity contribution in [3.8, 4) is 0 Å². The summed E-state index contributed by atoms with van der Waals surface area (Å²) in [5.41, 5.74) is 3.21. The van der Waals surface area contributed by atoms with Crippen molar-refractivity contribution < 1.29 is 4.79 Å². The third-order valence-electron chi connectivity index (χ3n) is 4.89. The molecule has 1 aliphatic heterocycles. The molecule has 0 aliphatic carbocycles. The van der Waals surface area contributed by atoms with Crippen LogP contribution in [-0.4, -0.2) is 41.7 Å². The molecular formula is C19H24N6O. The van der Waals surface area contributed by atoms with E-state index >= 15 is 0 Å². The predicted molar refractivity (Wildman–Crippen MR) is 97.9 cm³/mol. The molecule has 1 aliphatic rings. The number of carbonyl (C=O) groups excluding carboxylic acids is 1. The quantitative estimate of drug-likeness (QED) is 0.724. The van der Waals surface area contributed by atoms with Gasteiger partial charge in [0.2, 0.25) is 0 Å². The molecule has 1 unspecified atom stereocenters. The highest BCUT2D eigenvalue weighted by atomic mass is 16.2. The zero-order chi connectivity index (χ0) is 18.1. The largest absolute Gasteiger partial charge is 0.329 e. The minimum Gasteiger partial charge on any atom is -0.329 e. The molecule has 0 radical (unpaired) electrons.